The second-order valence-corrected chi connectivity index (χ2v) is 4.02. The Morgan fingerprint density at radius 1 is 1.44 bits per heavy atom. The van der Waals surface area contributed by atoms with Crippen LogP contribution in [0.3, 0.4) is 0 Å². The highest BCUT2D eigenvalue weighted by atomic mass is 35.5. The molecular weight excluding hydrogens is 260 g/mol. The van der Waals surface area contributed by atoms with Crippen LogP contribution in [0.25, 0.3) is 0 Å². The number of hydrogen-bond acceptors (Lipinski definition) is 5. The van der Waals surface area contributed by atoms with E-state index in [4.69, 9.17) is 21.1 Å². The van der Waals surface area contributed by atoms with Crippen molar-refractivity contribution < 1.29 is 23.8 Å². The number of benzene rings is 1. The van der Waals surface area contributed by atoms with Crippen molar-refractivity contribution in [1.29, 1.82) is 0 Å². The van der Waals surface area contributed by atoms with E-state index in [1.54, 1.807) is 13.8 Å². The summed E-state index contributed by atoms with van der Waals surface area (Å²) >= 11 is 6.05. The first kappa shape index (κ1) is 12.7. The number of halogens is 1. The number of hydrogen-bond donors (Lipinski definition) is 0. The van der Waals surface area contributed by atoms with E-state index in [-0.39, 0.29) is 24.0 Å². The molecule has 0 atom stereocenters. The zero-order chi connectivity index (χ0) is 13.3. The van der Waals surface area contributed by atoms with Crippen LogP contribution in [-0.2, 0) is 9.53 Å². The third-order valence-corrected chi connectivity index (χ3v) is 3.02. The summed E-state index contributed by atoms with van der Waals surface area (Å²) in [7, 11) is 0. The lowest BCUT2D eigenvalue weighted by Crippen LogP contribution is -2.18. The monoisotopic (exact) mass is 270 g/mol. The van der Waals surface area contributed by atoms with Crippen molar-refractivity contribution in [3.05, 3.63) is 22.2 Å². The summed E-state index contributed by atoms with van der Waals surface area (Å²) in [6.45, 7) is 3.52. The summed E-state index contributed by atoms with van der Waals surface area (Å²) in [5.74, 6) is -0.814. The van der Waals surface area contributed by atoms with E-state index in [9.17, 15) is 9.59 Å². The minimum absolute atomic E-state index is 0.0665. The molecule has 0 saturated heterocycles. The highest BCUT2D eigenvalue weighted by Crippen LogP contribution is 2.41. The summed E-state index contributed by atoms with van der Waals surface area (Å²) in [4.78, 5) is 23.3. The Balaban J connectivity index is 2.43. The van der Waals surface area contributed by atoms with Gasteiger partial charge in [0.15, 0.2) is 11.5 Å². The summed E-state index contributed by atoms with van der Waals surface area (Å²) in [5, 5.41) is 0.178. The van der Waals surface area contributed by atoms with Gasteiger partial charge in [-0.15, -0.1) is 0 Å². The number of fused-ring (bicyclic) bond motifs is 1. The Hall–Kier alpha value is -1.75. The van der Waals surface area contributed by atoms with Crippen molar-refractivity contribution in [2.24, 2.45) is 0 Å². The molecule has 0 amide bonds. The topological polar surface area (TPSA) is 61.8 Å². The largest absolute Gasteiger partial charge is 0.460 e. The molecule has 0 unspecified atom stereocenters. The van der Waals surface area contributed by atoms with Crippen LogP contribution >= 0.6 is 11.6 Å². The molecule has 1 heterocycles. The molecule has 0 bridgehead atoms. The van der Waals surface area contributed by atoms with Crippen LogP contribution in [-0.4, -0.2) is 25.2 Å². The van der Waals surface area contributed by atoms with E-state index in [0.29, 0.717) is 17.1 Å². The van der Waals surface area contributed by atoms with E-state index < -0.39 is 11.8 Å². The summed E-state index contributed by atoms with van der Waals surface area (Å²) in [5.41, 5.74) is 0.635. The molecule has 0 saturated carbocycles. The molecule has 2 rings (SSSR count). The fourth-order valence-electron chi connectivity index (χ4n) is 1.66. The second-order valence-electron chi connectivity index (χ2n) is 3.65. The van der Waals surface area contributed by atoms with Gasteiger partial charge in [0.2, 0.25) is 6.79 Å². The zero-order valence-electron chi connectivity index (χ0n) is 9.91. The van der Waals surface area contributed by atoms with E-state index in [2.05, 4.69) is 4.74 Å². The van der Waals surface area contributed by atoms with E-state index in [0.717, 1.165) is 0 Å². The van der Waals surface area contributed by atoms with Crippen molar-refractivity contribution >= 4 is 23.4 Å². The van der Waals surface area contributed by atoms with Gasteiger partial charge in [-0.3, -0.25) is 4.79 Å². The first-order valence-electron chi connectivity index (χ1n) is 5.36. The van der Waals surface area contributed by atoms with Crippen molar-refractivity contribution in [2.75, 3.05) is 13.4 Å². The van der Waals surface area contributed by atoms with Crippen molar-refractivity contribution in [3.8, 4) is 11.5 Å². The first-order valence-corrected chi connectivity index (χ1v) is 5.74. The molecule has 6 heteroatoms. The van der Waals surface area contributed by atoms with Gasteiger partial charge in [-0.25, -0.2) is 4.79 Å². The Kier molecular flexibility index (Phi) is 3.43. The van der Waals surface area contributed by atoms with Crippen LogP contribution in [0.4, 0.5) is 0 Å². The van der Waals surface area contributed by atoms with Crippen LogP contribution in [0, 0.1) is 6.92 Å². The molecule has 18 heavy (non-hydrogen) atoms. The fourth-order valence-corrected chi connectivity index (χ4v) is 1.88. The number of ether oxygens (including phenoxy) is 3. The molecule has 0 aromatic heterocycles. The van der Waals surface area contributed by atoms with Crippen molar-refractivity contribution in [3.63, 3.8) is 0 Å². The minimum atomic E-state index is -0.933. The predicted molar refractivity (Wildman–Crippen MR) is 63.3 cm³/mol. The lowest BCUT2D eigenvalue weighted by molar-refractivity contribution is -0.137. The maximum atomic E-state index is 11.9. The second kappa shape index (κ2) is 4.86. The molecule has 0 fully saturated rings. The Labute approximate surface area is 109 Å². The smallest absolute Gasteiger partial charge is 0.379 e. The number of esters is 1. The normalized spacial score (nSPS) is 12.4. The minimum Gasteiger partial charge on any atom is -0.460 e. The molecule has 1 aromatic carbocycles. The Morgan fingerprint density at radius 2 is 2.17 bits per heavy atom. The van der Waals surface area contributed by atoms with Crippen molar-refractivity contribution in [1.82, 2.24) is 0 Å². The predicted octanol–water partition coefficient (Wildman–Crippen LogP) is 2.12. The number of carbonyl (C=O) groups is 2. The maximum absolute atomic E-state index is 11.9. The molecule has 0 N–H and O–H groups in total. The van der Waals surface area contributed by atoms with Gasteiger partial charge in [0.25, 0.3) is 5.78 Å². The number of Topliss-reactive ketones (excluding diaryl/α,β-unsaturated/α-hetero) is 1. The van der Waals surface area contributed by atoms with Gasteiger partial charge < -0.3 is 14.2 Å². The van der Waals surface area contributed by atoms with Gasteiger partial charge in [-0.05, 0) is 19.9 Å². The fraction of sp³-hybridized carbons (Fsp3) is 0.333. The van der Waals surface area contributed by atoms with Gasteiger partial charge in [-0.2, -0.15) is 0 Å². The lowest BCUT2D eigenvalue weighted by atomic mass is 10.1. The SMILES string of the molecule is CCOC(=O)C(=O)c1cc2c(c(C)c1Cl)OCO2. The zero-order valence-corrected chi connectivity index (χ0v) is 10.7. The molecule has 1 aliphatic rings. The molecule has 0 radical (unpaired) electrons. The molecular formula is C12H11ClO5. The number of carbonyl (C=O) groups excluding carboxylic acids is 2. The standard InChI is InChI=1S/C12H11ClO5/c1-3-16-12(15)10(14)7-4-8-11(18-5-17-8)6(2)9(7)13/h4H,3,5H2,1-2H3. The van der Waals surface area contributed by atoms with Crippen LogP contribution in [0.5, 0.6) is 11.5 Å². The molecule has 0 aliphatic carbocycles. The Bertz CT molecular complexity index is 524. The number of rotatable bonds is 3. The van der Waals surface area contributed by atoms with Gasteiger partial charge in [0.05, 0.1) is 17.2 Å². The molecule has 0 spiro atoms. The van der Waals surface area contributed by atoms with Gasteiger partial charge in [-0.1, -0.05) is 11.6 Å². The molecule has 96 valence electrons. The van der Waals surface area contributed by atoms with E-state index in [1.165, 1.54) is 6.07 Å². The quantitative estimate of drug-likeness (QED) is 0.478. The van der Waals surface area contributed by atoms with E-state index >= 15 is 0 Å². The van der Waals surface area contributed by atoms with Crippen LogP contribution in [0.1, 0.15) is 22.8 Å². The maximum Gasteiger partial charge on any atom is 0.379 e. The van der Waals surface area contributed by atoms with Crippen molar-refractivity contribution in [2.45, 2.75) is 13.8 Å². The Morgan fingerprint density at radius 3 is 2.83 bits per heavy atom. The molecule has 1 aliphatic heterocycles. The van der Waals surface area contributed by atoms with E-state index in [1.807, 2.05) is 0 Å². The highest BCUT2D eigenvalue weighted by Gasteiger charge is 2.27. The molecule has 5 nitrogen and oxygen atoms in total. The van der Waals surface area contributed by atoms with Gasteiger partial charge in [0.1, 0.15) is 0 Å². The lowest BCUT2D eigenvalue weighted by Gasteiger charge is -2.08. The number of ketones is 1. The molecule has 1 aromatic rings. The summed E-state index contributed by atoms with van der Waals surface area (Å²) in [6, 6.07) is 1.40. The van der Waals surface area contributed by atoms with Gasteiger partial charge in [0, 0.05) is 5.56 Å². The van der Waals surface area contributed by atoms with Crippen LogP contribution in [0.2, 0.25) is 5.02 Å². The third-order valence-electron chi connectivity index (χ3n) is 2.53. The summed E-state index contributed by atoms with van der Waals surface area (Å²) in [6.07, 6.45) is 0. The van der Waals surface area contributed by atoms with Crippen LogP contribution < -0.4 is 9.47 Å². The van der Waals surface area contributed by atoms with Crippen LogP contribution in [0.15, 0.2) is 6.07 Å². The third kappa shape index (κ3) is 2.01. The van der Waals surface area contributed by atoms with Gasteiger partial charge >= 0.3 is 5.97 Å². The average molecular weight is 271 g/mol. The first-order chi connectivity index (χ1) is 8.56. The highest BCUT2D eigenvalue weighted by molar-refractivity contribution is 6.46. The average Bonchev–Trinajstić information content (AvgIpc) is 2.81. The summed E-state index contributed by atoms with van der Waals surface area (Å²) < 4.78 is 15.1.